The van der Waals surface area contributed by atoms with Gasteiger partial charge in [-0.3, -0.25) is 13.8 Å². The van der Waals surface area contributed by atoms with Crippen molar-refractivity contribution in [1.29, 1.82) is 0 Å². The van der Waals surface area contributed by atoms with Gasteiger partial charge in [-0.15, -0.1) is 0 Å². The molecule has 0 rings (SSSR count). The molecule has 69 heavy (non-hydrogen) atoms. The zero-order valence-electron chi connectivity index (χ0n) is 47.1. The van der Waals surface area contributed by atoms with Crippen molar-refractivity contribution in [2.75, 3.05) is 40.9 Å². The van der Waals surface area contributed by atoms with Gasteiger partial charge in [-0.05, 0) is 19.3 Å². The van der Waals surface area contributed by atoms with Crippen LogP contribution in [-0.4, -0.2) is 73.4 Å². The second-order valence-corrected chi connectivity index (χ2v) is 23.9. The third kappa shape index (κ3) is 54.8. The summed E-state index contributed by atoms with van der Waals surface area (Å²) in [6.45, 7) is 4.79. The van der Waals surface area contributed by atoms with E-state index < -0.39 is 20.0 Å². The van der Waals surface area contributed by atoms with Crippen molar-refractivity contribution in [3.8, 4) is 0 Å². The first-order valence-corrected chi connectivity index (χ1v) is 32.1. The molecular weight excluding hydrogens is 876 g/mol. The Morgan fingerprint density at radius 1 is 0.478 bits per heavy atom. The predicted molar refractivity (Wildman–Crippen MR) is 300 cm³/mol. The Labute approximate surface area is 431 Å². The first kappa shape index (κ1) is 68.2. The predicted octanol–water partition coefficient (Wildman–Crippen LogP) is 18.6. The quantitative estimate of drug-likeness (QED) is 0.0243. The van der Waals surface area contributed by atoms with Crippen molar-refractivity contribution in [2.24, 2.45) is 0 Å². The summed E-state index contributed by atoms with van der Waals surface area (Å²) in [5.74, 6) is -0.175. The molecule has 0 aliphatic carbocycles. The molecule has 0 bridgehead atoms. The zero-order valence-corrected chi connectivity index (χ0v) is 48.0. The second-order valence-electron chi connectivity index (χ2n) is 22.4. The molecule has 0 aromatic heterocycles. The van der Waals surface area contributed by atoms with E-state index in [-0.39, 0.29) is 19.1 Å². The average molecular weight is 999 g/mol. The standard InChI is InChI=1S/C60H121N2O6P/c1-6-8-10-12-14-15-16-17-18-19-20-21-22-23-24-25-26-27-28-29-30-31-32-33-34-35-36-37-38-39-40-41-42-43-44-45-46-48-50-52-54-60(64)61-58(59(63)53-51-49-47-13-11-9-7-2)57-68-69(65,66)67-56-55-62(3,4)5/h51,53,58-59,63H,6-50,52,54-57H2,1-5H3,(H-,61,64,65,66)/p+1/b53-51+. The number of nitrogens with one attached hydrogen (secondary N) is 1. The Kier molecular flexibility index (Phi) is 51.5. The van der Waals surface area contributed by atoms with Crippen LogP contribution < -0.4 is 5.32 Å². The van der Waals surface area contributed by atoms with Crippen molar-refractivity contribution in [3.63, 3.8) is 0 Å². The Hall–Kier alpha value is -0.760. The van der Waals surface area contributed by atoms with E-state index in [0.29, 0.717) is 17.4 Å². The SMILES string of the molecule is CCCCCCC/C=C/C(O)C(COP(=O)(O)OCC[N+](C)(C)C)NC(=O)CCCCCCCCCCCCCCCCCCCCCCCCCCCCCCCCCCCCCCCCCC. The first-order valence-electron chi connectivity index (χ1n) is 30.6. The second kappa shape index (κ2) is 52.1. The molecule has 0 aliphatic heterocycles. The number of hydrogen-bond donors (Lipinski definition) is 3. The number of phosphoric acid groups is 1. The summed E-state index contributed by atoms with van der Waals surface area (Å²) < 4.78 is 23.5. The van der Waals surface area contributed by atoms with Gasteiger partial charge in [0.25, 0.3) is 0 Å². The summed E-state index contributed by atoms with van der Waals surface area (Å²) in [7, 11) is 1.58. The number of likely N-dealkylation sites (N-methyl/N-ethyl adjacent to an activating group) is 1. The molecule has 0 spiro atoms. The Balaban J connectivity index is 3.67. The van der Waals surface area contributed by atoms with Gasteiger partial charge in [-0.2, -0.15) is 0 Å². The number of amides is 1. The van der Waals surface area contributed by atoms with E-state index in [1.807, 2.05) is 27.2 Å². The van der Waals surface area contributed by atoms with E-state index in [4.69, 9.17) is 9.05 Å². The molecule has 3 N–H and O–H groups in total. The van der Waals surface area contributed by atoms with Crippen molar-refractivity contribution < 1.29 is 32.9 Å². The summed E-state index contributed by atoms with van der Waals surface area (Å²) in [5, 5.41) is 13.8. The first-order chi connectivity index (χ1) is 33.5. The summed E-state index contributed by atoms with van der Waals surface area (Å²) in [6, 6.07) is -0.839. The number of rotatable bonds is 57. The molecular formula is C60H122N2O6P+. The highest BCUT2D eigenvalue weighted by molar-refractivity contribution is 7.47. The molecule has 0 saturated heterocycles. The molecule has 0 saturated carbocycles. The maximum Gasteiger partial charge on any atom is 0.472 e. The molecule has 0 fully saturated rings. The minimum atomic E-state index is -4.33. The van der Waals surface area contributed by atoms with E-state index in [2.05, 4.69) is 19.2 Å². The number of nitrogens with zero attached hydrogens (tertiary/aromatic N) is 1. The average Bonchev–Trinajstić information content (AvgIpc) is 3.31. The van der Waals surface area contributed by atoms with Crippen LogP contribution in [0.5, 0.6) is 0 Å². The van der Waals surface area contributed by atoms with Crippen LogP contribution in [0.3, 0.4) is 0 Å². The highest BCUT2D eigenvalue weighted by Gasteiger charge is 2.27. The van der Waals surface area contributed by atoms with Gasteiger partial charge in [-0.25, -0.2) is 4.57 Å². The van der Waals surface area contributed by atoms with Gasteiger partial charge >= 0.3 is 7.82 Å². The molecule has 3 atom stereocenters. The molecule has 0 radical (unpaired) electrons. The lowest BCUT2D eigenvalue weighted by Gasteiger charge is -2.25. The van der Waals surface area contributed by atoms with E-state index >= 15 is 0 Å². The molecule has 412 valence electrons. The lowest BCUT2D eigenvalue weighted by molar-refractivity contribution is -0.870. The maximum absolute atomic E-state index is 12.9. The number of aliphatic hydroxyl groups is 1. The lowest BCUT2D eigenvalue weighted by atomic mass is 10.0. The maximum atomic E-state index is 12.9. The Morgan fingerprint density at radius 2 is 0.768 bits per heavy atom. The van der Waals surface area contributed by atoms with E-state index in [0.717, 1.165) is 38.5 Å². The van der Waals surface area contributed by atoms with Gasteiger partial charge in [0.2, 0.25) is 5.91 Å². The summed E-state index contributed by atoms with van der Waals surface area (Å²) in [4.78, 5) is 23.1. The third-order valence-corrected chi connectivity index (χ3v) is 15.2. The van der Waals surface area contributed by atoms with E-state index in [9.17, 15) is 19.4 Å². The van der Waals surface area contributed by atoms with Crippen LogP contribution in [-0.2, 0) is 18.4 Å². The minimum absolute atomic E-state index is 0.0641. The van der Waals surface area contributed by atoms with Crippen molar-refractivity contribution in [1.82, 2.24) is 5.32 Å². The van der Waals surface area contributed by atoms with Gasteiger partial charge in [-0.1, -0.05) is 302 Å². The van der Waals surface area contributed by atoms with Crippen LogP contribution in [0.4, 0.5) is 0 Å². The van der Waals surface area contributed by atoms with Crippen molar-refractivity contribution in [3.05, 3.63) is 12.2 Å². The molecule has 0 heterocycles. The normalized spacial score (nSPS) is 13.9. The number of unbranched alkanes of at least 4 members (excludes halogenated alkanes) is 44. The van der Waals surface area contributed by atoms with Crippen molar-refractivity contribution >= 4 is 13.7 Å². The van der Waals surface area contributed by atoms with E-state index in [1.165, 1.54) is 257 Å². The molecule has 1 amide bonds. The fraction of sp³-hybridized carbons (Fsp3) is 0.950. The third-order valence-electron chi connectivity index (χ3n) is 14.3. The molecule has 0 aromatic carbocycles. The summed E-state index contributed by atoms with van der Waals surface area (Å²) >= 11 is 0. The number of hydrogen-bond acceptors (Lipinski definition) is 5. The molecule has 0 aromatic rings. The number of aliphatic hydroxyl groups excluding tert-OH is 1. The zero-order chi connectivity index (χ0) is 50.6. The van der Waals surface area contributed by atoms with Gasteiger partial charge in [0.1, 0.15) is 13.2 Å². The Morgan fingerprint density at radius 3 is 1.07 bits per heavy atom. The molecule has 9 heteroatoms. The fourth-order valence-electron chi connectivity index (χ4n) is 9.46. The van der Waals surface area contributed by atoms with Crippen LogP contribution in [0.25, 0.3) is 0 Å². The highest BCUT2D eigenvalue weighted by Crippen LogP contribution is 2.43. The number of phosphoric ester groups is 1. The number of quaternary nitrogens is 1. The molecule has 8 nitrogen and oxygen atoms in total. The number of carbonyl (C=O) groups excluding carboxylic acids is 1. The smallest absolute Gasteiger partial charge is 0.387 e. The highest BCUT2D eigenvalue weighted by atomic mass is 31.2. The minimum Gasteiger partial charge on any atom is -0.387 e. The van der Waals surface area contributed by atoms with Gasteiger partial charge in [0, 0.05) is 6.42 Å². The van der Waals surface area contributed by atoms with Crippen LogP contribution in [0.15, 0.2) is 12.2 Å². The van der Waals surface area contributed by atoms with Gasteiger partial charge < -0.3 is 19.8 Å². The van der Waals surface area contributed by atoms with Crippen LogP contribution >= 0.6 is 7.82 Å². The van der Waals surface area contributed by atoms with Crippen LogP contribution in [0, 0.1) is 0 Å². The van der Waals surface area contributed by atoms with E-state index in [1.54, 1.807) is 6.08 Å². The number of allylic oxidation sites excluding steroid dienone is 1. The van der Waals surface area contributed by atoms with Crippen molar-refractivity contribution in [2.45, 2.75) is 328 Å². The summed E-state index contributed by atoms with van der Waals surface area (Å²) in [6.07, 6.45) is 65.4. The number of carbonyl (C=O) groups is 1. The largest absolute Gasteiger partial charge is 0.472 e. The topological polar surface area (TPSA) is 105 Å². The van der Waals surface area contributed by atoms with Crippen LogP contribution in [0.1, 0.15) is 316 Å². The molecule has 0 aliphatic rings. The Bertz CT molecular complexity index is 1130. The molecule has 3 unspecified atom stereocenters. The summed E-state index contributed by atoms with van der Waals surface area (Å²) in [5.41, 5.74) is 0. The lowest BCUT2D eigenvalue weighted by Crippen LogP contribution is -2.45. The van der Waals surface area contributed by atoms with Crippen LogP contribution in [0.2, 0.25) is 0 Å². The monoisotopic (exact) mass is 998 g/mol. The van der Waals surface area contributed by atoms with Gasteiger partial charge in [0.05, 0.1) is 39.9 Å². The fourth-order valence-corrected chi connectivity index (χ4v) is 10.2. The van der Waals surface area contributed by atoms with Gasteiger partial charge in [0.15, 0.2) is 0 Å².